The summed E-state index contributed by atoms with van der Waals surface area (Å²) in [6.07, 6.45) is 7.01. The lowest BCUT2D eigenvalue weighted by atomic mass is 9.92. The molecule has 6 heteroatoms. The van der Waals surface area contributed by atoms with E-state index < -0.39 is 0 Å². The van der Waals surface area contributed by atoms with Crippen molar-refractivity contribution in [1.82, 2.24) is 19.4 Å². The standard InChI is InChI=1S/C17H28N4O2/c1-19-12-16(18-13-19)17(22)21-10-14-4-7-20(6-3-9-23-2)8-5-15(14)11-21/h12-15H,3-11H2,1-2H3/t14-,15+. The Morgan fingerprint density at radius 2 is 2.00 bits per heavy atom. The van der Waals surface area contributed by atoms with Gasteiger partial charge in [0.05, 0.1) is 6.33 Å². The maximum Gasteiger partial charge on any atom is 0.274 e. The van der Waals surface area contributed by atoms with Crippen molar-refractivity contribution in [3.05, 3.63) is 18.2 Å². The van der Waals surface area contributed by atoms with E-state index in [1.807, 2.05) is 22.7 Å². The maximum absolute atomic E-state index is 12.6. The number of nitrogens with zero attached hydrogens (tertiary/aromatic N) is 4. The number of fused-ring (bicyclic) bond motifs is 1. The number of rotatable bonds is 5. The third-order valence-electron chi connectivity index (χ3n) is 5.24. The molecule has 23 heavy (non-hydrogen) atoms. The Morgan fingerprint density at radius 3 is 2.57 bits per heavy atom. The van der Waals surface area contributed by atoms with E-state index in [9.17, 15) is 4.79 Å². The zero-order valence-electron chi connectivity index (χ0n) is 14.3. The number of hydrogen-bond acceptors (Lipinski definition) is 4. The topological polar surface area (TPSA) is 50.6 Å². The van der Waals surface area contributed by atoms with Crippen LogP contribution in [0.1, 0.15) is 29.8 Å². The average molecular weight is 320 g/mol. The fourth-order valence-corrected chi connectivity index (χ4v) is 3.91. The zero-order chi connectivity index (χ0) is 16.2. The van der Waals surface area contributed by atoms with E-state index in [4.69, 9.17) is 4.74 Å². The molecule has 0 N–H and O–H groups in total. The number of carbonyl (C=O) groups is 1. The van der Waals surface area contributed by atoms with Gasteiger partial charge in [0.15, 0.2) is 0 Å². The highest BCUT2D eigenvalue weighted by molar-refractivity contribution is 5.92. The van der Waals surface area contributed by atoms with Crippen LogP contribution >= 0.6 is 0 Å². The Balaban J connectivity index is 1.52. The van der Waals surface area contributed by atoms with Gasteiger partial charge in [-0.2, -0.15) is 0 Å². The number of aryl methyl sites for hydroxylation is 1. The summed E-state index contributed by atoms with van der Waals surface area (Å²) in [6.45, 7) is 6.06. The molecular weight excluding hydrogens is 292 g/mol. The van der Waals surface area contributed by atoms with Gasteiger partial charge in [0.1, 0.15) is 5.69 Å². The first kappa shape index (κ1) is 16.5. The Morgan fingerprint density at radius 1 is 1.30 bits per heavy atom. The van der Waals surface area contributed by atoms with Crippen LogP contribution in [0.3, 0.4) is 0 Å². The summed E-state index contributed by atoms with van der Waals surface area (Å²) in [5, 5.41) is 0. The van der Waals surface area contributed by atoms with Crippen LogP contribution in [0.25, 0.3) is 0 Å². The Hall–Kier alpha value is -1.40. The van der Waals surface area contributed by atoms with E-state index in [-0.39, 0.29) is 5.91 Å². The van der Waals surface area contributed by atoms with Crippen molar-refractivity contribution in [3.63, 3.8) is 0 Å². The molecular formula is C17H28N4O2. The van der Waals surface area contributed by atoms with Gasteiger partial charge in [-0.3, -0.25) is 4.79 Å². The second-order valence-electron chi connectivity index (χ2n) is 6.92. The minimum atomic E-state index is 0.0932. The molecule has 0 unspecified atom stereocenters. The number of methoxy groups -OCH3 is 1. The number of amides is 1. The van der Waals surface area contributed by atoms with Crippen molar-refractivity contribution in [1.29, 1.82) is 0 Å². The van der Waals surface area contributed by atoms with E-state index in [1.54, 1.807) is 13.4 Å². The molecule has 3 heterocycles. The lowest BCUT2D eigenvalue weighted by Gasteiger charge is -2.21. The van der Waals surface area contributed by atoms with Crippen LogP contribution in [0.15, 0.2) is 12.5 Å². The van der Waals surface area contributed by atoms with Crippen LogP contribution < -0.4 is 0 Å². The third kappa shape index (κ3) is 3.93. The molecule has 1 aromatic rings. The Kier molecular flexibility index (Phi) is 5.33. The normalized spacial score (nSPS) is 25.4. The van der Waals surface area contributed by atoms with Gasteiger partial charge in [0.25, 0.3) is 5.91 Å². The van der Waals surface area contributed by atoms with Crippen molar-refractivity contribution in [2.24, 2.45) is 18.9 Å². The predicted octanol–water partition coefficient (Wildman–Crippen LogP) is 1.24. The molecule has 0 bridgehead atoms. The number of hydrogen-bond donors (Lipinski definition) is 0. The highest BCUT2D eigenvalue weighted by Crippen LogP contribution is 2.32. The first-order valence-electron chi connectivity index (χ1n) is 8.66. The highest BCUT2D eigenvalue weighted by Gasteiger charge is 2.37. The largest absolute Gasteiger partial charge is 0.385 e. The summed E-state index contributed by atoms with van der Waals surface area (Å²) >= 11 is 0. The summed E-state index contributed by atoms with van der Waals surface area (Å²) in [4.78, 5) is 21.3. The first-order chi connectivity index (χ1) is 11.2. The summed E-state index contributed by atoms with van der Waals surface area (Å²) in [7, 11) is 3.66. The summed E-state index contributed by atoms with van der Waals surface area (Å²) in [6, 6.07) is 0. The van der Waals surface area contributed by atoms with Crippen molar-refractivity contribution >= 4 is 5.91 Å². The summed E-state index contributed by atoms with van der Waals surface area (Å²) in [5.74, 6) is 1.39. The fraction of sp³-hybridized carbons (Fsp3) is 0.765. The number of ether oxygens (including phenoxy) is 1. The van der Waals surface area contributed by atoms with E-state index in [0.29, 0.717) is 17.5 Å². The van der Waals surface area contributed by atoms with Gasteiger partial charge in [0, 0.05) is 46.6 Å². The quantitative estimate of drug-likeness (QED) is 0.766. The molecule has 3 rings (SSSR count). The zero-order valence-corrected chi connectivity index (χ0v) is 14.3. The van der Waals surface area contributed by atoms with Gasteiger partial charge in [-0.25, -0.2) is 4.98 Å². The molecule has 0 spiro atoms. The SMILES string of the molecule is COCCCN1CC[C@@H]2CN(C(=O)c3cn(C)cn3)C[C@@H]2CC1. The van der Waals surface area contributed by atoms with Gasteiger partial charge >= 0.3 is 0 Å². The molecule has 0 radical (unpaired) electrons. The Bertz CT molecular complexity index is 514. The van der Waals surface area contributed by atoms with Gasteiger partial charge in [-0.1, -0.05) is 0 Å². The van der Waals surface area contributed by atoms with Crippen LogP contribution in [-0.2, 0) is 11.8 Å². The molecule has 2 fully saturated rings. The van der Waals surface area contributed by atoms with Crippen molar-refractivity contribution in [3.8, 4) is 0 Å². The molecule has 0 aliphatic carbocycles. The number of aromatic nitrogens is 2. The van der Waals surface area contributed by atoms with Crippen LogP contribution in [0.2, 0.25) is 0 Å². The molecule has 2 atom stereocenters. The van der Waals surface area contributed by atoms with Crippen molar-refractivity contribution in [2.45, 2.75) is 19.3 Å². The maximum atomic E-state index is 12.6. The van der Waals surface area contributed by atoms with E-state index in [2.05, 4.69) is 9.88 Å². The van der Waals surface area contributed by atoms with E-state index >= 15 is 0 Å². The van der Waals surface area contributed by atoms with Crippen molar-refractivity contribution < 1.29 is 9.53 Å². The molecule has 0 aromatic carbocycles. The summed E-state index contributed by atoms with van der Waals surface area (Å²) < 4.78 is 6.98. The number of imidazole rings is 1. The fourth-order valence-electron chi connectivity index (χ4n) is 3.91. The van der Waals surface area contributed by atoms with E-state index in [1.165, 1.54) is 12.8 Å². The molecule has 0 saturated carbocycles. The molecule has 2 saturated heterocycles. The lowest BCUT2D eigenvalue weighted by Crippen LogP contribution is -2.31. The number of carbonyl (C=O) groups excluding carboxylic acids is 1. The molecule has 128 valence electrons. The molecule has 6 nitrogen and oxygen atoms in total. The van der Waals surface area contributed by atoms with Gasteiger partial charge in [-0.15, -0.1) is 0 Å². The Labute approximate surface area is 138 Å². The van der Waals surface area contributed by atoms with Crippen LogP contribution in [0, 0.1) is 11.8 Å². The molecule has 2 aliphatic heterocycles. The first-order valence-corrected chi connectivity index (χ1v) is 8.66. The lowest BCUT2D eigenvalue weighted by molar-refractivity contribution is 0.0774. The number of likely N-dealkylation sites (tertiary alicyclic amines) is 2. The third-order valence-corrected chi connectivity index (χ3v) is 5.24. The second kappa shape index (κ2) is 7.45. The van der Waals surface area contributed by atoms with Crippen LogP contribution in [0.4, 0.5) is 0 Å². The minimum absolute atomic E-state index is 0.0932. The van der Waals surface area contributed by atoms with Gasteiger partial charge in [0.2, 0.25) is 0 Å². The summed E-state index contributed by atoms with van der Waals surface area (Å²) in [5.41, 5.74) is 0.574. The smallest absolute Gasteiger partial charge is 0.274 e. The monoisotopic (exact) mass is 320 g/mol. The molecule has 1 aromatic heterocycles. The van der Waals surface area contributed by atoms with Gasteiger partial charge < -0.3 is 19.1 Å². The molecule has 1 amide bonds. The van der Waals surface area contributed by atoms with Crippen molar-refractivity contribution in [2.75, 3.05) is 46.4 Å². The minimum Gasteiger partial charge on any atom is -0.385 e. The predicted molar refractivity (Wildman–Crippen MR) is 88.3 cm³/mol. The molecule has 2 aliphatic rings. The van der Waals surface area contributed by atoms with E-state index in [0.717, 1.165) is 45.8 Å². The van der Waals surface area contributed by atoms with Crippen LogP contribution in [0.5, 0.6) is 0 Å². The average Bonchev–Trinajstić information content (AvgIpc) is 3.11. The van der Waals surface area contributed by atoms with Crippen LogP contribution in [-0.4, -0.2) is 71.7 Å². The second-order valence-corrected chi connectivity index (χ2v) is 6.92. The highest BCUT2D eigenvalue weighted by atomic mass is 16.5. The van der Waals surface area contributed by atoms with Gasteiger partial charge in [-0.05, 0) is 44.2 Å².